The molecule has 0 saturated heterocycles. The minimum Gasteiger partial charge on any atom is -0.434 e. The average Bonchev–Trinajstić information content (AvgIpc) is 3.24. The molecular weight excluding hydrogens is 520 g/mol. The zero-order chi connectivity index (χ0) is 28.6. The Morgan fingerprint density at radius 3 is 2.65 bits per heavy atom. The summed E-state index contributed by atoms with van der Waals surface area (Å²) in [6.07, 6.45) is 0.352. The highest BCUT2D eigenvalue weighted by atomic mass is 17.0. The Morgan fingerprint density at radius 1 is 1.18 bits per heavy atom. The molecule has 12 nitrogen and oxygen atoms in total. The van der Waals surface area contributed by atoms with E-state index in [2.05, 4.69) is 10.2 Å². The molecule has 0 spiro atoms. The average molecular weight is 557 g/mol. The monoisotopic (exact) mass is 556 g/mol. The fourth-order valence-corrected chi connectivity index (χ4v) is 4.90. The summed E-state index contributed by atoms with van der Waals surface area (Å²) in [5, 5.41) is 13.4. The van der Waals surface area contributed by atoms with Gasteiger partial charge in [0.1, 0.15) is 12.2 Å². The van der Waals surface area contributed by atoms with Crippen molar-refractivity contribution in [2.24, 2.45) is 0 Å². The number of carbonyl (C=O) groups excluding carboxylic acids is 1. The molecule has 3 heterocycles. The van der Waals surface area contributed by atoms with Gasteiger partial charge in [-0.15, -0.1) is 10.1 Å². The van der Waals surface area contributed by atoms with E-state index < -0.39 is 35.6 Å². The van der Waals surface area contributed by atoms with Crippen LogP contribution in [0.15, 0.2) is 42.6 Å². The highest BCUT2D eigenvalue weighted by Crippen LogP contribution is 2.44. The van der Waals surface area contributed by atoms with Crippen LogP contribution in [0.4, 0.5) is 10.5 Å². The second-order valence-corrected chi connectivity index (χ2v) is 9.62. The molecule has 0 aliphatic carbocycles. The van der Waals surface area contributed by atoms with Crippen molar-refractivity contribution in [2.45, 2.75) is 64.4 Å². The normalized spacial score (nSPS) is 18.9. The summed E-state index contributed by atoms with van der Waals surface area (Å²) in [6.45, 7) is 6.45. The maximum Gasteiger partial charge on any atom is 0.508 e. The summed E-state index contributed by atoms with van der Waals surface area (Å²) in [6, 6.07) is 11.2. The van der Waals surface area contributed by atoms with Gasteiger partial charge in [0.15, 0.2) is 11.8 Å². The number of ether oxygens (including phenoxy) is 4. The lowest BCUT2D eigenvalue weighted by atomic mass is 9.88. The molecule has 40 heavy (non-hydrogen) atoms. The topological polar surface area (TPSA) is 136 Å². The Hall–Kier alpha value is -3.90. The number of pyridine rings is 1. The minimum atomic E-state index is -0.853. The Bertz CT molecular complexity index is 1300. The lowest BCUT2D eigenvalue weighted by molar-refractivity contribution is -0.768. The van der Waals surface area contributed by atoms with E-state index in [1.807, 2.05) is 60.8 Å². The van der Waals surface area contributed by atoms with Crippen LogP contribution in [0, 0.1) is 24.0 Å². The summed E-state index contributed by atoms with van der Waals surface area (Å²) in [5.74, 6) is 0. The van der Waals surface area contributed by atoms with Gasteiger partial charge >= 0.3 is 6.16 Å². The Morgan fingerprint density at radius 2 is 1.95 bits per heavy atom. The van der Waals surface area contributed by atoms with Gasteiger partial charge < -0.3 is 33.5 Å². The third-order valence-corrected chi connectivity index (χ3v) is 7.09. The lowest BCUT2D eigenvalue weighted by Gasteiger charge is -2.39. The standard InChI is InChI=1S/C28H36N4O8/c1-5-21(40-32(34)35)12-9-15-38-28(33)39-26-23(20-10-7-6-8-11-20)30-24-22(25(26)37-17-16-36-4)13-14-31-19(3)18(2)29-27(24)31/h6-8,10-11,13-14,21,23,25-26,30H,5,9,12,15-17H2,1-4H3/t21?,23-,25-,26-/m1/s1. The molecule has 0 fully saturated rings. The maximum atomic E-state index is 12.9. The van der Waals surface area contributed by atoms with Crippen molar-refractivity contribution in [3.63, 3.8) is 0 Å². The first-order chi connectivity index (χ1) is 19.3. The predicted molar refractivity (Wildman–Crippen MR) is 146 cm³/mol. The number of benzene rings is 1. The third-order valence-electron chi connectivity index (χ3n) is 7.09. The molecule has 0 amide bonds. The van der Waals surface area contributed by atoms with Gasteiger partial charge in [-0.05, 0) is 44.7 Å². The SMILES string of the molecule is CCC(CCCOC(=O)O[C@@H]1[C@@H](c2ccccc2)Nc2c(ccn3c(C)c(C)nc23)[C@H]1OCCOC)O[N+](=O)[O-]. The van der Waals surface area contributed by atoms with Gasteiger partial charge in [-0.1, -0.05) is 37.3 Å². The van der Waals surface area contributed by atoms with E-state index in [-0.39, 0.29) is 13.2 Å². The highest BCUT2D eigenvalue weighted by molar-refractivity contribution is 5.75. The molecule has 0 radical (unpaired) electrons. The number of rotatable bonds is 13. The van der Waals surface area contributed by atoms with Crippen LogP contribution in [0.25, 0.3) is 5.65 Å². The van der Waals surface area contributed by atoms with Gasteiger partial charge in [-0.25, -0.2) is 9.78 Å². The molecule has 1 unspecified atom stereocenters. The van der Waals surface area contributed by atoms with Gasteiger partial charge in [0.2, 0.25) is 0 Å². The molecule has 216 valence electrons. The van der Waals surface area contributed by atoms with Gasteiger partial charge in [0, 0.05) is 24.6 Å². The van der Waals surface area contributed by atoms with Crippen LogP contribution in [-0.2, 0) is 23.8 Å². The van der Waals surface area contributed by atoms with Crippen molar-refractivity contribution in [3.05, 3.63) is 75.2 Å². The van der Waals surface area contributed by atoms with E-state index >= 15 is 0 Å². The summed E-state index contributed by atoms with van der Waals surface area (Å²) in [7, 11) is 1.59. The molecular formula is C28H36N4O8. The number of fused-ring (bicyclic) bond motifs is 3. The number of aryl methyl sites for hydroxylation is 2. The largest absolute Gasteiger partial charge is 0.508 e. The first kappa shape index (κ1) is 29.1. The fourth-order valence-electron chi connectivity index (χ4n) is 4.90. The number of imidazole rings is 1. The van der Waals surface area contributed by atoms with Crippen LogP contribution in [0.3, 0.4) is 0 Å². The van der Waals surface area contributed by atoms with Crippen LogP contribution in [0.2, 0.25) is 0 Å². The van der Waals surface area contributed by atoms with Crippen molar-refractivity contribution in [3.8, 4) is 0 Å². The van der Waals surface area contributed by atoms with Crippen LogP contribution < -0.4 is 5.32 Å². The number of nitrogens with zero attached hydrogens (tertiary/aromatic N) is 3. The summed E-state index contributed by atoms with van der Waals surface area (Å²) < 4.78 is 24.8. The number of methoxy groups -OCH3 is 1. The lowest BCUT2D eigenvalue weighted by Crippen LogP contribution is -2.41. The molecule has 3 aromatic rings. The number of hydrogen-bond acceptors (Lipinski definition) is 10. The smallest absolute Gasteiger partial charge is 0.434 e. The number of aromatic nitrogens is 2. The molecule has 0 bridgehead atoms. The van der Waals surface area contributed by atoms with E-state index in [0.717, 1.165) is 33.8 Å². The zero-order valence-corrected chi connectivity index (χ0v) is 23.2. The molecule has 0 saturated carbocycles. The molecule has 1 aromatic carbocycles. The third kappa shape index (κ3) is 6.62. The van der Waals surface area contributed by atoms with Crippen LogP contribution in [-0.4, -0.2) is 59.8 Å². The highest BCUT2D eigenvalue weighted by Gasteiger charge is 2.42. The van der Waals surface area contributed by atoms with Crippen molar-refractivity contribution in [1.29, 1.82) is 0 Å². The molecule has 4 atom stereocenters. The van der Waals surface area contributed by atoms with Gasteiger partial charge in [0.25, 0.3) is 5.09 Å². The van der Waals surface area contributed by atoms with E-state index in [9.17, 15) is 14.9 Å². The van der Waals surface area contributed by atoms with E-state index in [0.29, 0.717) is 25.9 Å². The fraction of sp³-hybridized carbons (Fsp3) is 0.500. The predicted octanol–water partition coefficient (Wildman–Crippen LogP) is 5.11. The number of anilines is 1. The number of hydrogen-bond donors (Lipinski definition) is 1. The first-order valence-electron chi connectivity index (χ1n) is 13.4. The van der Waals surface area contributed by atoms with E-state index in [1.165, 1.54) is 0 Å². The molecule has 4 rings (SSSR count). The maximum absolute atomic E-state index is 12.9. The van der Waals surface area contributed by atoms with E-state index in [4.69, 9.17) is 23.9 Å². The minimum absolute atomic E-state index is 0.0333. The molecule has 1 N–H and O–H groups in total. The molecule has 12 heteroatoms. The van der Waals surface area contributed by atoms with Crippen LogP contribution >= 0.6 is 0 Å². The summed E-state index contributed by atoms with van der Waals surface area (Å²) in [5.41, 5.74) is 5.22. The Kier molecular flexibility index (Phi) is 9.78. The van der Waals surface area contributed by atoms with Crippen LogP contribution in [0.1, 0.15) is 60.8 Å². The summed E-state index contributed by atoms with van der Waals surface area (Å²) >= 11 is 0. The van der Waals surface area contributed by atoms with Crippen LogP contribution in [0.5, 0.6) is 0 Å². The Balaban J connectivity index is 1.60. The van der Waals surface area contributed by atoms with Crippen molar-refractivity contribution in [2.75, 3.05) is 32.2 Å². The van der Waals surface area contributed by atoms with Gasteiger partial charge in [-0.3, -0.25) is 0 Å². The van der Waals surface area contributed by atoms with Crippen molar-refractivity contribution >= 4 is 17.5 Å². The van der Waals surface area contributed by atoms with E-state index in [1.54, 1.807) is 14.0 Å². The molecule has 2 aromatic heterocycles. The number of carbonyl (C=O) groups is 1. The van der Waals surface area contributed by atoms with Gasteiger partial charge in [0.05, 0.1) is 37.2 Å². The van der Waals surface area contributed by atoms with Crippen molar-refractivity contribution in [1.82, 2.24) is 9.38 Å². The zero-order valence-electron chi connectivity index (χ0n) is 23.2. The Labute approximate surface area is 232 Å². The van der Waals surface area contributed by atoms with Crippen molar-refractivity contribution < 1.29 is 33.7 Å². The quantitative estimate of drug-likeness (QED) is 0.131. The summed E-state index contributed by atoms with van der Waals surface area (Å²) in [4.78, 5) is 33.0. The molecule has 1 aliphatic rings. The first-order valence-corrected chi connectivity index (χ1v) is 13.4. The molecule has 1 aliphatic heterocycles. The second kappa shape index (κ2) is 13.4. The van der Waals surface area contributed by atoms with Gasteiger partial charge in [-0.2, -0.15) is 0 Å². The number of nitrogens with one attached hydrogen (secondary N) is 1. The second-order valence-electron chi connectivity index (χ2n) is 9.62.